The van der Waals surface area contributed by atoms with E-state index in [-0.39, 0.29) is 40.8 Å². The molecule has 0 aliphatic heterocycles. The molecule has 180 valence electrons. The number of nitrogens with zero attached hydrogens (tertiary/aromatic N) is 1. The highest BCUT2D eigenvalue weighted by Gasteiger charge is 2.59. The van der Waals surface area contributed by atoms with Gasteiger partial charge in [0, 0.05) is 38.9 Å². The summed E-state index contributed by atoms with van der Waals surface area (Å²) in [5.41, 5.74) is 0.776. The molecule has 3 rings (SSSR count). The van der Waals surface area contributed by atoms with E-state index in [1.807, 2.05) is 0 Å². The van der Waals surface area contributed by atoms with Crippen molar-refractivity contribution < 1.29 is 23.1 Å². The minimum Gasteiger partial charge on any atom is -0.395 e. The highest BCUT2D eigenvalue weighted by molar-refractivity contribution is 7.89. The van der Waals surface area contributed by atoms with Gasteiger partial charge < -0.3 is 20.5 Å². The standard InChI is InChI=1S/C23H37N3O5S/c1-22(2)17-8-9-23(3,15-17)21(22)25-20(28)16-6-7-18(24-10-13-31-5)19(14-16)32(29,30)26(4)11-12-27/h6-7,14,17,21,24,27H,8-13,15H2,1-5H3,(H,25,28)/t17-,21?,23-/m0/s1. The predicted octanol–water partition coefficient (Wildman–Crippen LogP) is 2.30. The monoisotopic (exact) mass is 467 g/mol. The number of rotatable bonds is 10. The molecule has 9 heteroatoms. The molecule has 0 heterocycles. The molecule has 1 aromatic carbocycles. The van der Waals surface area contributed by atoms with Crippen LogP contribution in [0.5, 0.6) is 0 Å². The Morgan fingerprint density at radius 2 is 2.03 bits per heavy atom. The van der Waals surface area contributed by atoms with E-state index in [0.29, 0.717) is 30.3 Å². The molecule has 0 saturated heterocycles. The first-order valence-corrected chi connectivity index (χ1v) is 12.7. The number of hydrogen-bond acceptors (Lipinski definition) is 6. The van der Waals surface area contributed by atoms with Crippen molar-refractivity contribution in [3.8, 4) is 0 Å². The largest absolute Gasteiger partial charge is 0.395 e. The molecule has 2 aliphatic carbocycles. The van der Waals surface area contributed by atoms with Crippen LogP contribution in [-0.4, -0.2) is 70.2 Å². The second kappa shape index (κ2) is 9.29. The molecule has 0 radical (unpaired) electrons. The summed E-state index contributed by atoms with van der Waals surface area (Å²) in [4.78, 5) is 13.3. The summed E-state index contributed by atoms with van der Waals surface area (Å²) >= 11 is 0. The van der Waals surface area contributed by atoms with Crippen LogP contribution >= 0.6 is 0 Å². The Hall–Kier alpha value is -1.68. The van der Waals surface area contributed by atoms with E-state index < -0.39 is 10.0 Å². The minimum atomic E-state index is -3.91. The highest BCUT2D eigenvalue weighted by atomic mass is 32.2. The number of fused-ring (bicyclic) bond motifs is 2. The lowest BCUT2D eigenvalue weighted by Crippen LogP contribution is -2.52. The Morgan fingerprint density at radius 1 is 1.31 bits per heavy atom. The Kier molecular flexibility index (Phi) is 7.24. The van der Waals surface area contributed by atoms with Gasteiger partial charge in [-0.25, -0.2) is 8.42 Å². The number of nitrogens with one attached hydrogen (secondary N) is 2. The quantitative estimate of drug-likeness (QED) is 0.456. The van der Waals surface area contributed by atoms with Crippen molar-refractivity contribution in [1.82, 2.24) is 9.62 Å². The van der Waals surface area contributed by atoms with Crippen LogP contribution in [0.3, 0.4) is 0 Å². The molecule has 2 bridgehead atoms. The van der Waals surface area contributed by atoms with Crippen molar-refractivity contribution in [2.24, 2.45) is 16.7 Å². The number of sulfonamides is 1. The normalized spacial score (nSPS) is 26.5. The lowest BCUT2D eigenvalue weighted by molar-refractivity contribution is 0.0737. The van der Waals surface area contributed by atoms with E-state index >= 15 is 0 Å². The van der Waals surface area contributed by atoms with Crippen molar-refractivity contribution in [1.29, 1.82) is 0 Å². The molecule has 1 aromatic rings. The van der Waals surface area contributed by atoms with Crippen molar-refractivity contribution in [3.05, 3.63) is 23.8 Å². The highest BCUT2D eigenvalue weighted by Crippen LogP contribution is 2.62. The second-order valence-corrected chi connectivity index (χ2v) is 12.0. The number of carbonyl (C=O) groups is 1. The third kappa shape index (κ3) is 4.53. The van der Waals surface area contributed by atoms with Crippen molar-refractivity contribution in [2.45, 2.75) is 51.0 Å². The van der Waals surface area contributed by atoms with Gasteiger partial charge in [0.05, 0.1) is 18.9 Å². The maximum atomic E-state index is 13.3. The summed E-state index contributed by atoms with van der Waals surface area (Å²) < 4.78 is 32.5. The lowest BCUT2D eigenvalue weighted by atomic mass is 9.68. The SMILES string of the molecule is COCCNc1ccc(C(=O)NC2C(C)(C)[C@H]3CC[C@@]2(C)C3)cc1S(=O)(=O)N(C)CCO. The average molecular weight is 468 g/mol. The van der Waals surface area contributed by atoms with E-state index in [9.17, 15) is 18.3 Å². The molecule has 3 atom stereocenters. The molecule has 1 amide bonds. The number of likely N-dealkylation sites (N-methyl/N-ethyl adjacent to an activating group) is 1. The number of carbonyl (C=O) groups excluding carboxylic acids is 1. The van der Waals surface area contributed by atoms with E-state index in [2.05, 4.69) is 31.4 Å². The smallest absolute Gasteiger partial charge is 0.251 e. The van der Waals surface area contributed by atoms with E-state index in [1.54, 1.807) is 19.2 Å². The van der Waals surface area contributed by atoms with Gasteiger partial charge in [-0.3, -0.25) is 4.79 Å². The second-order valence-electron chi connectivity index (χ2n) is 10.0. The molecule has 3 N–H and O–H groups in total. The number of methoxy groups -OCH3 is 1. The summed E-state index contributed by atoms with van der Waals surface area (Å²) in [6.45, 7) is 7.18. The maximum absolute atomic E-state index is 13.3. The van der Waals surface area contributed by atoms with E-state index in [4.69, 9.17) is 4.74 Å². The van der Waals surface area contributed by atoms with Crippen molar-refractivity contribution >= 4 is 21.6 Å². The Bertz CT molecular complexity index is 944. The molecule has 8 nitrogen and oxygen atoms in total. The fourth-order valence-corrected chi connectivity index (χ4v) is 6.97. The van der Waals surface area contributed by atoms with Gasteiger partial charge in [-0.15, -0.1) is 0 Å². The Balaban J connectivity index is 1.91. The van der Waals surface area contributed by atoms with Crippen molar-refractivity contribution in [2.75, 3.05) is 45.8 Å². The summed E-state index contributed by atoms with van der Waals surface area (Å²) in [7, 11) is -0.924. The zero-order chi connectivity index (χ0) is 23.7. The number of aliphatic hydroxyl groups excluding tert-OH is 1. The van der Waals surface area contributed by atoms with Crippen LogP contribution in [0.25, 0.3) is 0 Å². The molecule has 1 unspecified atom stereocenters. The summed E-state index contributed by atoms with van der Waals surface area (Å²) in [6, 6.07) is 4.74. The molecular weight excluding hydrogens is 430 g/mol. The molecule has 2 fully saturated rings. The lowest BCUT2D eigenvalue weighted by Gasteiger charge is -2.43. The molecule has 0 spiro atoms. The van der Waals surface area contributed by atoms with E-state index in [1.165, 1.54) is 19.5 Å². The van der Waals surface area contributed by atoms with Crippen LogP contribution in [0.2, 0.25) is 0 Å². The fourth-order valence-electron chi connectivity index (χ4n) is 5.62. The van der Waals surface area contributed by atoms with Gasteiger partial charge in [-0.1, -0.05) is 20.8 Å². The first-order chi connectivity index (χ1) is 15.0. The van der Waals surface area contributed by atoms with Gasteiger partial charge in [0.25, 0.3) is 5.91 Å². The van der Waals surface area contributed by atoms with Gasteiger partial charge in [0.15, 0.2) is 0 Å². The average Bonchev–Trinajstić information content (AvgIpc) is 3.22. The number of hydrogen-bond donors (Lipinski definition) is 3. The molecular formula is C23H37N3O5S. The number of aliphatic hydroxyl groups is 1. The topological polar surface area (TPSA) is 108 Å². The Labute approximate surface area is 191 Å². The molecule has 0 aromatic heterocycles. The van der Waals surface area contributed by atoms with Gasteiger partial charge in [0.1, 0.15) is 4.90 Å². The zero-order valence-corrected chi connectivity index (χ0v) is 20.6. The number of benzene rings is 1. The fraction of sp³-hybridized carbons (Fsp3) is 0.696. The summed E-state index contributed by atoms with van der Waals surface area (Å²) in [5.74, 6) is 0.329. The van der Waals surface area contributed by atoms with Crippen LogP contribution in [0.4, 0.5) is 5.69 Å². The summed E-state index contributed by atoms with van der Waals surface area (Å²) in [6.07, 6.45) is 3.40. The predicted molar refractivity (Wildman–Crippen MR) is 124 cm³/mol. The molecule has 2 saturated carbocycles. The first-order valence-electron chi connectivity index (χ1n) is 11.2. The third-order valence-corrected chi connectivity index (χ3v) is 9.41. The number of amides is 1. The van der Waals surface area contributed by atoms with Gasteiger partial charge in [-0.05, 0) is 54.2 Å². The van der Waals surface area contributed by atoms with Crippen LogP contribution < -0.4 is 10.6 Å². The summed E-state index contributed by atoms with van der Waals surface area (Å²) in [5, 5.41) is 15.5. The van der Waals surface area contributed by atoms with E-state index in [0.717, 1.165) is 17.1 Å². The van der Waals surface area contributed by atoms with Crippen LogP contribution in [-0.2, 0) is 14.8 Å². The number of ether oxygens (including phenoxy) is 1. The number of anilines is 1. The first kappa shape index (κ1) is 25.0. The van der Waals surface area contributed by atoms with Crippen molar-refractivity contribution in [3.63, 3.8) is 0 Å². The van der Waals surface area contributed by atoms with Crippen LogP contribution in [0.1, 0.15) is 50.4 Å². The minimum absolute atomic E-state index is 0.000554. The Morgan fingerprint density at radius 3 is 2.62 bits per heavy atom. The third-order valence-electron chi connectivity index (χ3n) is 7.51. The van der Waals surface area contributed by atoms with Gasteiger partial charge >= 0.3 is 0 Å². The molecule has 2 aliphatic rings. The van der Waals surface area contributed by atoms with Gasteiger partial charge in [0.2, 0.25) is 10.0 Å². The van der Waals surface area contributed by atoms with Crippen LogP contribution in [0.15, 0.2) is 23.1 Å². The van der Waals surface area contributed by atoms with Gasteiger partial charge in [-0.2, -0.15) is 4.31 Å². The zero-order valence-electron chi connectivity index (χ0n) is 19.8. The maximum Gasteiger partial charge on any atom is 0.251 e. The van der Waals surface area contributed by atoms with Crippen LogP contribution in [0, 0.1) is 16.7 Å². The molecule has 32 heavy (non-hydrogen) atoms.